The van der Waals surface area contributed by atoms with E-state index in [-0.39, 0.29) is 0 Å². The Morgan fingerprint density at radius 1 is 1.15 bits per heavy atom. The maximum absolute atomic E-state index is 4.49. The quantitative estimate of drug-likeness (QED) is 0.868. The summed E-state index contributed by atoms with van der Waals surface area (Å²) in [6.45, 7) is 7.79. The van der Waals surface area contributed by atoms with E-state index in [1.165, 1.54) is 23.1 Å². The van der Waals surface area contributed by atoms with Crippen molar-refractivity contribution in [1.29, 1.82) is 0 Å². The van der Waals surface area contributed by atoms with E-state index in [2.05, 4.69) is 49.2 Å². The molecule has 0 aromatic carbocycles. The van der Waals surface area contributed by atoms with Gasteiger partial charge in [0, 0.05) is 20.1 Å². The van der Waals surface area contributed by atoms with E-state index >= 15 is 0 Å². The van der Waals surface area contributed by atoms with Crippen molar-refractivity contribution in [2.45, 2.75) is 30.3 Å². The van der Waals surface area contributed by atoms with Gasteiger partial charge in [-0.2, -0.15) is 15.0 Å². The second-order valence-electron chi connectivity index (χ2n) is 3.85. The molecule has 0 unspecified atom stereocenters. The number of rotatable bonds is 6. The van der Waals surface area contributed by atoms with Gasteiger partial charge in [-0.3, -0.25) is 0 Å². The monoisotopic (exact) mass is 311 g/mol. The Labute approximate surface area is 126 Å². The lowest BCUT2D eigenvalue weighted by Crippen LogP contribution is -2.25. The Kier molecular flexibility index (Phi) is 5.07. The van der Waals surface area contributed by atoms with Crippen LogP contribution < -0.4 is 10.2 Å². The fourth-order valence-corrected chi connectivity index (χ4v) is 3.21. The standard InChI is InChI=1S/C11H17N7S2/c1-5-18(6-2)9-13-8(12-4)14-10(15-9)20-11-17-16-7(3)19-11/h5-6H2,1-4H3,(H,12,13,14,15). The Morgan fingerprint density at radius 3 is 2.45 bits per heavy atom. The van der Waals surface area contributed by atoms with Gasteiger partial charge >= 0.3 is 0 Å². The lowest BCUT2D eigenvalue weighted by Gasteiger charge is -2.18. The molecule has 0 aliphatic rings. The van der Waals surface area contributed by atoms with Crippen LogP contribution in [0, 0.1) is 6.92 Å². The van der Waals surface area contributed by atoms with E-state index in [1.54, 1.807) is 7.05 Å². The van der Waals surface area contributed by atoms with Gasteiger partial charge < -0.3 is 10.2 Å². The summed E-state index contributed by atoms with van der Waals surface area (Å²) in [4.78, 5) is 15.3. The van der Waals surface area contributed by atoms with Crippen molar-refractivity contribution in [2.24, 2.45) is 0 Å². The highest BCUT2D eigenvalue weighted by Gasteiger charge is 2.13. The van der Waals surface area contributed by atoms with Crippen LogP contribution in [0.1, 0.15) is 18.9 Å². The minimum Gasteiger partial charge on any atom is -0.357 e. The van der Waals surface area contributed by atoms with Crippen LogP contribution in [-0.4, -0.2) is 45.3 Å². The molecule has 0 spiro atoms. The van der Waals surface area contributed by atoms with E-state index in [4.69, 9.17) is 0 Å². The Balaban J connectivity index is 2.29. The van der Waals surface area contributed by atoms with Crippen molar-refractivity contribution < 1.29 is 0 Å². The van der Waals surface area contributed by atoms with Gasteiger partial charge in [-0.15, -0.1) is 10.2 Å². The Morgan fingerprint density at radius 2 is 1.90 bits per heavy atom. The smallest absolute Gasteiger partial charge is 0.231 e. The summed E-state index contributed by atoms with van der Waals surface area (Å²) >= 11 is 2.93. The molecular formula is C11H17N7S2. The van der Waals surface area contributed by atoms with Crippen LogP contribution in [0.15, 0.2) is 9.50 Å². The fourth-order valence-electron chi connectivity index (χ4n) is 1.55. The van der Waals surface area contributed by atoms with Crippen LogP contribution in [-0.2, 0) is 0 Å². The van der Waals surface area contributed by atoms with Crippen molar-refractivity contribution >= 4 is 35.0 Å². The van der Waals surface area contributed by atoms with E-state index in [0.717, 1.165) is 22.4 Å². The lowest BCUT2D eigenvalue weighted by molar-refractivity contribution is 0.784. The molecule has 0 aliphatic carbocycles. The predicted octanol–water partition coefficient (Wildman–Crippen LogP) is 2.07. The Bertz CT molecular complexity index is 568. The van der Waals surface area contributed by atoms with E-state index in [1.807, 2.05) is 6.92 Å². The summed E-state index contributed by atoms with van der Waals surface area (Å²) in [5.74, 6) is 1.24. The van der Waals surface area contributed by atoms with Gasteiger partial charge in [0.15, 0.2) is 4.34 Å². The summed E-state index contributed by atoms with van der Waals surface area (Å²) in [5.41, 5.74) is 0. The molecule has 9 heteroatoms. The molecule has 0 amide bonds. The largest absolute Gasteiger partial charge is 0.357 e. The topological polar surface area (TPSA) is 79.7 Å². The number of aromatic nitrogens is 5. The number of hydrogen-bond acceptors (Lipinski definition) is 9. The van der Waals surface area contributed by atoms with Crippen LogP contribution in [0.25, 0.3) is 0 Å². The molecule has 2 aromatic heterocycles. The Hall–Kier alpha value is -1.48. The average Bonchev–Trinajstić information content (AvgIpc) is 2.85. The molecule has 7 nitrogen and oxygen atoms in total. The molecule has 2 aromatic rings. The third kappa shape index (κ3) is 3.54. The van der Waals surface area contributed by atoms with Crippen molar-refractivity contribution in [2.75, 3.05) is 30.4 Å². The van der Waals surface area contributed by atoms with Crippen LogP contribution in [0.3, 0.4) is 0 Å². The molecule has 0 bridgehead atoms. The lowest BCUT2D eigenvalue weighted by atomic mass is 10.5. The first kappa shape index (κ1) is 14.9. The number of nitrogens with one attached hydrogen (secondary N) is 1. The van der Waals surface area contributed by atoms with Crippen LogP contribution in [0.5, 0.6) is 0 Å². The minimum absolute atomic E-state index is 0.561. The second-order valence-corrected chi connectivity index (χ2v) is 6.25. The molecule has 2 rings (SSSR count). The van der Waals surface area contributed by atoms with Crippen molar-refractivity contribution in [3.05, 3.63) is 5.01 Å². The normalized spacial score (nSPS) is 10.6. The highest BCUT2D eigenvalue weighted by atomic mass is 32.2. The van der Waals surface area contributed by atoms with Crippen LogP contribution >= 0.6 is 23.1 Å². The highest BCUT2D eigenvalue weighted by Crippen LogP contribution is 2.28. The van der Waals surface area contributed by atoms with Crippen molar-refractivity contribution in [3.63, 3.8) is 0 Å². The summed E-state index contributed by atoms with van der Waals surface area (Å²) in [6, 6.07) is 0. The van der Waals surface area contributed by atoms with Gasteiger partial charge in [0.2, 0.25) is 17.1 Å². The molecule has 108 valence electrons. The first-order valence-electron chi connectivity index (χ1n) is 6.33. The molecule has 0 aliphatic heterocycles. The third-order valence-electron chi connectivity index (χ3n) is 2.56. The van der Waals surface area contributed by atoms with Gasteiger partial charge in [0.1, 0.15) is 5.01 Å². The predicted molar refractivity (Wildman–Crippen MR) is 81.7 cm³/mol. The summed E-state index contributed by atoms with van der Waals surface area (Å²) in [7, 11) is 1.80. The van der Waals surface area contributed by atoms with E-state index in [0.29, 0.717) is 17.1 Å². The first-order valence-corrected chi connectivity index (χ1v) is 7.96. The second kappa shape index (κ2) is 6.80. The third-order valence-corrected chi connectivity index (χ3v) is 4.31. The first-order chi connectivity index (χ1) is 9.66. The van der Waals surface area contributed by atoms with Crippen molar-refractivity contribution in [1.82, 2.24) is 25.1 Å². The van der Waals surface area contributed by atoms with Crippen LogP contribution in [0.4, 0.5) is 11.9 Å². The molecule has 0 saturated heterocycles. The molecule has 0 radical (unpaired) electrons. The number of anilines is 2. The van der Waals surface area contributed by atoms with Crippen LogP contribution in [0.2, 0.25) is 0 Å². The number of aryl methyl sites for hydroxylation is 1. The average molecular weight is 311 g/mol. The maximum atomic E-state index is 4.49. The maximum Gasteiger partial charge on any atom is 0.231 e. The molecular weight excluding hydrogens is 294 g/mol. The molecule has 1 N–H and O–H groups in total. The highest BCUT2D eigenvalue weighted by molar-refractivity contribution is 8.00. The zero-order valence-electron chi connectivity index (χ0n) is 11.9. The van der Waals surface area contributed by atoms with Gasteiger partial charge in [0.05, 0.1) is 0 Å². The van der Waals surface area contributed by atoms with E-state index in [9.17, 15) is 0 Å². The van der Waals surface area contributed by atoms with Gasteiger partial charge in [-0.25, -0.2) is 0 Å². The fraction of sp³-hybridized carbons (Fsp3) is 0.545. The number of nitrogens with zero attached hydrogens (tertiary/aromatic N) is 6. The number of hydrogen-bond donors (Lipinski definition) is 1. The summed E-state index contributed by atoms with van der Waals surface area (Å²) in [6.07, 6.45) is 0. The zero-order valence-corrected chi connectivity index (χ0v) is 13.5. The van der Waals surface area contributed by atoms with Crippen molar-refractivity contribution in [3.8, 4) is 0 Å². The molecule has 0 saturated carbocycles. The van der Waals surface area contributed by atoms with Gasteiger partial charge in [0.25, 0.3) is 0 Å². The summed E-state index contributed by atoms with van der Waals surface area (Å²) in [5, 5.41) is 12.6. The molecule has 0 fully saturated rings. The van der Waals surface area contributed by atoms with E-state index < -0.39 is 0 Å². The van der Waals surface area contributed by atoms with Gasteiger partial charge in [-0.05, 0) is 32.5 Å². The molecule has 0 atom stereocenters. The molecule has 2 heterocycles. The SMILES string of the molecule is CCN(CC)c1nc(NC)nc(Sc2nnc(C)s2)n1. The molecule has 20 heavy (non-hydrogen) atoms. The minimum atomic E-state index is 0.561. The summed E-state index contributed by atoms with van der Waals surface area (Å²) < 4.78 is 0.834. The zero-order chi connectivity index (χ0) is 14.5. The van der Waals surface area contributed by atoms with Gasteiger partial charge in [-0.1, -0.05) is 11.3 Å².